The molecule has 0 atom stereocenters. The number of hydrogen-bond donors (Lipinski definition) is 0. The molecular formula is C28H21ClN4O2. The van der Waals surface area contributed by atoms with Crippen molar-refractivity contribution in [1.29, 1.82) is 0 Å². The zero-order valence-electron chi connectivity index (χ0n) is 19.0. The van der Waals surface area contributed by atoms with Crippen molar-refractivity contribution < 1.29 is 4.74 Å². The van der Waals surface area contributed by atoms with Crippen LogP contribution in [0.2, 0.25) is 5.02 Å². The highest BCUT2D eigenvalue weighted by Gasteiger charge is 2.22. The molecule has 0 bridgehead atoms. The third-order valence-corrected chi connectivity index (χ3v) is 6.50. The minimum Gasteiger partial charge on any atom is -0.497 e. The minimum absolute atomic E-state index is 0.0636. The summed E-state index contributed by atoms with van der Waals surface area (Å²) in [6, 6.07) is 23.1. The van der Waals surface area contributed by atoms with Gasteiger partial charge in [0.05, 0.1) is 29.4 Å². The van der Waals surface area contributed by atoms with Gasteiger partial charge in [-0.3, -0.25) is 9.36 Å². The number of allylic oxidation sites excluding steroid dienone is 1. The molecule has 172 valence electrons. The van der Waals surface area contributed by atoms with Crippen LogP contribution < -0.4 is 10.3 Å². The molecule has 1 aliphatic heterocycles. The third kappa shape index (κ3) is 3.82. The zero-order chi connectivity index (χ0) is 23.9. The first-order chi connectivity index (χ1) is 17.1. The van der Waals surface area contributed by atoms with Crippen LogP contribution in [0.4, 0.5) is 0 Å². The molecule has 3 aromatic carbocycles. The molecule has 0 aliphatic carbocycles. The molecule has 7 heteroatoms. The van der Waals surface area contributed by atoms with Gasteiger partial charge in [0.25, 0.3) is 5.56 Å². The summed E-state index contributed by atoms with van der Waals surface area (Å²) in [6.45, 7) is 0.583. The topological polar surface area (TPSA) is 61.9 Å². The van der Waals surface area contributed by atoms with Crippen molar-refractivity contribution in [3.63, 3.8) is 0 Å². The Labute approximate surface area is 206 Å². The number of ether oxygens (including phenoxy) is 1. The number of aromatic nitrogens is 4. The van der Waals surface area contributed by atoms with Gasteiger partial charge in [-0.2, -0.15) is 5.10 Å². The summed E-state index contributed by atoms with van der Waals surface area (Å²) in [5.41, 5.74) is 5.33. The number of benzene rings is 3. The molecule has 0 unspecified atom stereocenters. The second-order valence-corrected chi connectivity index (χ2v) is 8.85. The fourth-order valence-corrected chi connectivity index (χ4v) is 4.67. The maximum atomic E-state index is 13.1. The van der Waals surface area contributed by atoms with Gasteiger partial charge >= 0.3 is 0 Å². The second kappa shape index (κ2) is 8.56. The van der Waals surface area contributed by atoms with Gasteiger partial charge in [-0.1, -0.05) is 29.8 Å². The summed E-state index contributed by atoms with van der Waals surface area (Å²) >= 11 is 6.12. The van der Waals surface area contributed by atoms with Gasteiger partial charge in [-0.25, -0.2) is 9.67 Å². The normalized spacial score (nSPS) is 13.9. The van der Waals surface area contributed by atoms with E-state index in [0.29, 0.717) is 34.7 Å². The Bertz CT molecular complexity index is 1650. The van der Waals surface area contributed by atoms with Crippen molar-refractivity contribution >= 4 is 34.2 Å². The summed E-state index contributed by atoms with van der Waals surface area (Å²) in [5.74, 6) is 1.48. The van der Waals surface area contributed by atoms with Crippen molar-refractivity contribution in [3.8, 4) is 22.7 Å². The minimum atomic E-state index is -0.0636. The van der Waals surface area contributed by atoms with Crippen LogP contribution in [0.3, 0.4) is 0 Å². The average molecular weight is 481 g/mol. The maximum absolute atomic E-state index is 13.1. The smallest absolute Gasteiger partial charge is 0.261 e. The average Bonchev–Trinajstić information content (AvgIpc) is 3.50. The van der Waals surface area contributed by atoms with Crippen molar-refractivity contribution in [2.24, 2.45) is 0 Å². The molecule has 0 spiro atoms. The summed E-state index contributed by atoms with van der Waals surface area (Å²) in [5, 5.41) is 5.98. The van der Waals surface area contributed by atoms with Crippen LogP contribution in [-0.4, -0.2) is 26.4 Å². The molecule has 0 amide bonds. The standard InChI is InChI=1S/C28H21ClN4O2/c1-35-23-10-7-18(8-11-23)26-20(17-33(31-26)22-5-3-2-4-6-22)15-19-13-14-32-27(19)30-25-12-9-21(29)16-24(25)28(32)34/h2-12,15-17H,13-14H2,1H3/b19-15-. The van der Waals surface area contributed by atoms with Gasteiger partial charge in [-0.15, -0.1) is 0 Å². The number of nitrogens with zero attached hydrogens (tertiary/aromatic N) is 4. The molecule has 6 rings (SSSR count). The van der Waals surface area contributed by atoms with Gasteiger partial charge in [0.2, 0.25) is 0 Å². The van der Waals surface area contributed by atoms with E-state index in [1.807, 2.05) is 65.5 Å². The van der Waals surface area contributed by atoms with E-state index in [1.165, 1.54) is 0 Å². The number of para-hydroxylation sites is 1. The number of rotatable bonds is 4. The largest absolute Gasteiger partial charge is 0.497 e. The van der Waals surface area contributed by atoms with Crippen LogP contribution in [0, 0.1) is 0 Å². The van der Waals surface area contributed by atoms with Crippen molar-refractivity contribution in [2.75, 3.05) is 7.11 Å². The molecule has 0 radical (unpaired) electrons. The van der Waals surface area contributed by atoms with Crippen LogP contribution in [0.15, 0.2) is 83.8 Å². The van der Waals surface area contributed by atoms with Gasteiger partial charge in [0, 0.05) is 28.9 Å². The van der Waals surface area contributed by atoms with E-state index in [0.717, 1.165) is 33.8 Å². The lowest BCUT2D eigenvalue weighted by Gasteiger charge is -2.06. The van der Waals surface area contributed by atoms with E-state index in [2.05, 4.69) is 6.08 Å². The highest BCUT2D eigenvalue weighted by molar-refractivity contribution is 6.31. The van der Waals surface area contributed by atoms with Crippen LogP contribution in [0.5, 0.6) is 5.75 Å². The lowest BCUT2D eigenvalue weighted by Crippen LogP contribution is -2.20. The predicted molar refractivity (Wildman–Crippen MR) is 139 cm³/mol. The molecule has 6 nitrogen and oxygen atoms in total. The molecule has 0 N–H and O–H groups in total. The van der Waals surface area contributed by atoms with E-state index in [9.17, 15) is 4.79 Å². The molecule has 0 saturated carbocycles. The Balaban J connectivity index is 1.51. The van der Waals surface area contributed by atoms with Crippen LogP contribution in [-0.2, 0) is 6.54 Å². The summed E-state index contributed by atoms with van der Waals surface area (Å²) in [7, 11) is 1.65. The fourth-order valence-electron chi connectivity index (χ4n) is 4.49. The fraction of sp³-hybridized carbons (Fsp3) is 0.107. The Kier molecular flexibility index (Phi) is 5.23. The van der Waals surface area contributed by atoms with E-state index in [1.54, 1.807) is 29.9 Å². The first-order valence-electron chi connectivity index (χ1n) is 11.3. The lowest BCUT2D eigenvalue weighted by atomic mass is 10.0. The monoisotopic (exact) mass is 480 g/mol. The molecule has 3 heterocycles. The first-order valence-corrected chi connectivity index (χ1v) is 11.7. The van der Waals surface area contributed by atoms with Gasteiger partial charge < -0.3 is 4.74 Å². The van der Waals surface area contributed by atoms with E-state index in [4.69, 9.17) is 26.4 Å². The second-order valence-electron chi connectivity index (χ2n) is 8.41. The summed E-state index contributed by atoms with van der Waals surface area (Å²) in [4.78, 5) is 17.9. The number of fused-ring (bicyclic) bond motifs is 2. The molecular weight excluding hydrogens is 460 g/mol. The maximum Gasteiger partial charge on any atom is 0.261 e. The van der Waals surface area contributed by atoms with Crippen LogP contribution in [0.25, 0.3) is 39.5 Å². The number of methoxy groups -OCH3 is 1. The van der Waals surface area contributed by atoms with Gasteiger partial charge in [0.15, 0.2) is 0 Å². The number of halogens is 1. The highest BCUT2D eigenvalue weighted by atomic mass is 35.5. The summed E-state index contributed by atoms with van der Waals surface area (Å²) < 4.78 is 8.94. The molecule has 1 aliphatic rings. The van der Waals surface area contributed by atoms with E-state index in [-0.39, 0.29) is 5.56 Å². The molecule has 0 saturated heterocycles. The lowest BCUT2D eigenvalue weighted by molar-refractivity contribution is 0.415. The quantitative estimate of drug-likeness (QED) is 0.323. The first kappa shape index (κ1) is 21.4. The SMILES string of the molecule is COc1ccc(-c2nn(-c3ccccc3)cc2/C=C2/CCn3c2nc2ccc(Cl)cc2c3=O)cc1. The van der Waals surface area contributed by atoms with Crippen molar-refractivity contribution in [1.82, 2.24) is 19.3 Å². The molecule has 5 aromatic rings. The Morgan fingerprint density at radius 3 is 2.60 bits per heavy atom. The van der Waals surface area contributed by atoms with Crippen LogP contribution >= 0.6 is 11.6 Å². The van der Waals surface area contributed by atoms with Crippen molar-refractivity contribution in [2.45, 2.75) is 13.0 Å². The van der Waals surface area contributed by atoms with Gasteiger partial charge in [-0.05, 0) is 72.7 Å². The van der Waals surface area contributed by atoms with E-state index >= 15 is 0 Å². The molecule has 2 aromatic heterocycles. The Hall–Kier alpha value is -4.16. The highest BCUT2D eigenvalue weighted by Crippen LogP contribution is 2.32. The molecule has 0 fully saturated rings. The Morgan fingerprint density at radius 1 is 1.03 bits per heavy atom. The number of hydrogen-bond acceptors (Lipinski definition) is 4. The van der Waals surface area contributed by atoms with E-state index < -0.39 is 0 Å². The Morgan fingerprint density at radius 2 is 1.83 bits per heavy atom. The zero-order valence-corrected chi connectivity index (χ0v) is 19.7. The van der Waals surface area contributed by atoms with Gasteiger partial charge in [0.1, 0.15) is 11.6 Å². The third-order valence-electron chi connectivity index (χ3n) is 6.26. The predicted octanol–water partition coefficient (Wildman–Crippen LogP) is 5.86. The van der Waals surface area contributed by atoms with Crippen LogP contribution in [0.1, 0.15) is 17.8 Å². The van der Waals surface area contributed by atoms with Crippen molar-refractivity contribution in [3.05, 3.63) is 106 Å². The summed E-state index contributed by atoms with van der Waals surface area (Å²) in [6.07, 6.45) is 4.83. The molecule has 35 heavy (non-hydrogen) atoms.